The van der Waals surface area contributed by atoms with Crippen LogP contribution in [-0.4, -0.2) is 18.4 Å². The Morgan fingerprint density at radius 3 is 2.60 bits per heavy atom. The lowest BCUT2D eigenvalue weighted by atomic mass is 10.1. The van der Waals surface area contributed by atoms with Crippen LogP contribution < -0.4 is 10.2 Å². The first-order valence-corrected chi connectivity index (χ1v) is 8.30. The maximum atomic E-state index is 12.4. The van der Waals surface area contributed by atoms with Crippen molar-refractivity contribution in [1.82, 2.24) is 0 Å². The van der Waals surface area contributed by atoms with Crippen LogP contribution >= 0.6 is 23.2 Å². The standard InChI is InChI=1S/C18H13Cl2N3O2/c19-14-2-1-3-15(17(14)20)23-10-12(8-16(23)24)18(25)22-13-6-4-11(9-21)5-7-13/h1-7,12H,8,10H2,(H,22,25)/t12-/m1/s1. The predicted molar refractivity (Wildman–Crippen MR) is 96.7 cm³/mol. The molecule has 0 aromatic heterocycles. The first-order chi connectivity index (χ1) is 12.0. The summed E-state index contributed by atoms with van der Waals surface area (Å²) in [6, 6.07) is 13.6. The molecule has 2 aromatic carbocycles. The molecule has 25 heavy (non-hydrogen) atoms. The smallest absolute Gasteiger partial charge is 0.229 e. The molecule has 0 spiro atoms. The maximum Gasteiger partial charge on any atom is 0.229 e. The van der Waals surface area contributed by atoms with Gasteiger partial charge in [0.25, 0.3) is 0 Å². The minimum Gasteiger partial charge on any atom is -0.326 e. The number of carbonyl (C=O) groups excluding carboxylic acids is 2. The van der Waals surface area contributed by atoms with Crippen molar-refractivity contribution >= 4 is 46.4 Å². The zero-order chi connectivity index (χ0) is 18.0. The maximum absolute atomic E-state index is 12.4. The largest absolute Gasteiger partial charge is 0.326 e. The second-order valence-corrected chi connectivity index (χ2v) is 6.44. The van der Waals surface area contributed by atoms with Crippen molar-refractivity contribution in [3.63, 3.8) is 0 Å². The van der Waals surface area contributed by atoms with Gasteiger partial charge in [-0.25, -0.2) is 0 Å². The number of benzene rings is 2. The topological polar surface area (TPSA) is 73.2 Å². The summed E-state index contributed by atoms with van der Waals surface area (Å²) in [5.41, 5.74) is 1.60. The molecule has 0 radical (unpaired) electrons. The number of hydrogen-bond donors (Lipinski definition) is 1. The molecule has 7 heteroatoms. The van der Waals surface area contributed by atoms with Crippen LogP contribution in [0.2, 0.25) is 10.0 Å². The van der Waals surface area contributed by atoms with E-state index in [-0.39, 0.29) is 24.8 Å². The Bertz CT molecular complexity index is 875. The fourth-order valence-corrected chi connectivity index (χ4v) is 3.09. The zero-order valence-corrected chi connectivity index (χ0v) is 14.5. The van der Waals surface area contributed by atoms with E-state index in [9.17, 15) is 9.59 Å². The summed E-state index contributed by atoms with van der Waals surface area (Å²) in [5, 5.41) is 12.2. The molecule has 0 saturated carbocycles. The van der Waals surface area contributed by atoms with Crippen LogP contribution in [-0.2, 0) is 9.59 Å². The number of anilines is 2. The summed E-state index contributed by atoms with van der Waals surface area (Å²) >= 11 is 12.2. The van der Waals surface area contributed by atoms with Gasteiger partial charge in [0.1, 0.15) is 0 Å². The molecule has 5 nitrogen and oxygen atoms in total. The first kappa shape index (κ1) is 17.3. The lowest BCUT2D eigenvalue weighted by Gasteiger charge is -2.18. The third-order valence-electron chi connectivity index (χ3n) is 4.00. The number of hydrogen-bond acceptors (Lipinski definition) is 3. The van der Waals surface area contributed by atoms with Gasteiger partial charge in [-0.3, -0.25) is 9.59 Å². The number of nitriles is 1. The Morgan fingerprint density at radius 2 is 1.92 bits per heavy atom. The van der Waals surface area contributed by atoms with Gasteiger partial charge < -0.3 is 10.2 Å². The minimum absolute atomic E-state index is 0.102. The molecule has 1 fully saturated rings. The van der Waals surface area contributed by atoms with E-state index in [1.165, 1.54) is 4.90 Å². The predicted octanol–water partition coefficient (Wildman–Crippen LogP) is 3.86. The van der Waals surface area contributed by atoms with Crippen molar-refractivity contribution in [2.24, 2.45) is 5.92 Å². The third kappa shape index (κ3) is 3.60. The average Bonchev–Trinajstić information content (AvgIpc) is 3.00. The van der Waals surface area contributed by atoms with Crippen LogP contribution in [0, 0.1) is 17.2 Å². The van der Waals surface area contributed by atoms with E-state index < -0.39 is 5.92 Å². The molecule has 0 unspecified atom stereocenters. The highest BCUT2D eigenvalue weighted by Gasteiger charge is 2.36. The van der Waals surface area contributed by atoms with Crippen molar-refractivity contribution in [2.45, 2.75) is 6.42 Å². The Labute approximate surface area is 154 Å². The Kier molecular flexibility index (Phi) is 4.93. The number of halogens is 2. The van der Waals surface area contributed by atoms with E-state index in [1.54, 1.807) is 42.5 Å². The molecule has 126 valence electrons. The quantitative estimate of drug-likeness (QED) is 0.887. The number of rotatable bonds is 3. The third-order valence-corrected chi connectivity index (χ3v) is 4.81. The van der Waals surface area contributed by atoms with E-state index in [0.29, 0.717) is 27.0 Å². The van der Waals surface area contributed by atoms with E-state index in [4.69, 9.17) is 28.5 Å². The van der Waals surface area contributed by atoms with Crippen LogP contribution in [0.3, 0.4) is 0 Å². The average molecular weight is 374 g/mol. The highest BCUT2D eigenvalue weighted by atomic mass is 35.5. The van der Waals surface area contributed by atoms with Crippen molar-refractivity contribution < 1.29 is 9.59 Å². The van der Waals surface area contributed by atoms with Crippen molar-refractivity contribution in [1.29, 1.82) is 5.26 Å². The summed E-state index contributed by atoms with van der Waals surface area (Å²) in [5.74, 6) is -0.916. The summed E-state index contributed by atoms with van der Waals surface area (Å²) in [7, 11) is 0. The van der Waals surface area contributed by atoms with Gasteiger partial charge in [-0.2, -0.15) is 5.26 Å². The summed E-state index contributed by atoms with van der Waals surface area (Å²) < 4.78 is 0. The minimum atomic E-state index is -0.488. The van der Waals surface area contributed by atoms with Crippen molar-refractivity contribution in [3.8, 4) is 6.07 Å². The molecule has 1 saturated heterocycles. The molecule has 1 heterocycles. The van der Waals surface area contributed by atoms with Crippen LogP contribution in [0.4, 0.5) is 11.4 Å². The van der Waals surface area contributed by atoms with Gasteiger partial charge >= 0.3 is 0 Å². The van der Waals surface area contributed by atoms with E-state index in [0.717, 1.165) is 0 Å². The second-order valence-electron chi connectivity index (χ2n) is 5.66. The molecule has 0 bridgehead atoms. The monoisotopic (exact) mass is 373 g/mol. The Morgan fingerprint density at radius 1 is 1.20 bits per heavy atom. The fourth-order valence-electron chi connectivity index (χ4n) is 2.69. The lowest BCUT2D eigenvalue weighted by Crippen LogP contribution is -2.28. The zero-order valence-electron chi connectivity index (χ0n) is 13.0. The molecule has 1 atom stereocenters. The lowest BCUT2D eigenvalue weighted by molar-refractivity contribution is -0.122. The summed E-state index contributed by atoms with van der Waals surface area (Å²) in [4.78, 5) is 26.2. The van der Waals surface area contributed by atoms with Gasteiger partial charge in [-0.15, -0.1) is 0 Å². The Balaban J connectivity index is 1.72. The van der Waals surface area contributed by atoms with Crippen LogP contribution in [0.1, 0.15) is 12.0 Å². The first-order valence-electron chi connectivity index (χ1n) is 7.55. The molecule has 1 aliphatic heterocycles. The number of carbonyl (C=O) groups is 2. The SMILES string of the molecule is N#Cc1ccc(NC(=O)[C@@H]2CC(=O)N(c3cccc(Cl)c3Cl)C2)cc1. The van der Waals surface area contributed by atoms with Crippen molar-refractivity contribution in [3.05, 3.63) is 58.1 Å². The molecule has 2 aromatic rings. The van der Waals surface area contributed by atoms with Gasteiger partial charge in [-0.1, -0.05) is 29.3 Å². The van der Waals surface area contributed by atoms with E-state index in [1.807, 2.05) is 6.07 Å². The van der Waals surface area contributed by atoms with Crippen LogP contribution in [0.15, 0.2) is 42.5 Å². The number of nitrogens with zero attached hydrogens (tertiary/aromatic N) is 2. The summed E-state index contributed by atoms with van der Waals surface area (Å²) in [6.45, 7) is 0.237. The van der Waals surface area contributed by atoms with Gasteiger partial charge in [0.15, 0.2) is 0 Å². The van der Waals surface area contributed by atoms with Gasteiger partial charge in [-0.05, 0) is 36.4 Å². The van der Waals surface area contributed by atoms with Gasteiger partial charge in [0.2, 0.25) is 11.8 Å². The molecule has 1 N–H and O–H groups in total. The van der Waals surface area contributed by atoms with E-state index in [2.05, 4.69) is 5.32 Å². The molecular weight excluding hydrogens is 361 g/mol. The van der Waals surface area contributed by atoms with E-state index >= 15 is 0 Å². The van der Waals surface area contributed by atoms with Gasteiger partial charge in [0, 0.05) is 18.7 Å². The van der Waals surface area contributed by atoms with Crippen LogP contribution in [0.25, 0.3) is 0 Å². The summed E-state index contributed by atoms with van der Waals surface area (Å²) in [6.07, 6.45) is 0.102. The normalized spacial score (nSPS) is 16.6. The second kappa shape index (κ2) is 7.14. The van der Waals surface area contributed by atoms with Crippen molar-refractivity contribution in [2.75, 3.05) is 16.8 Å². The van der Waals surface area contributed by atoms with Crippen LogP contribution in [0.5, 0.6) is 0 Å². The van der Waals surface area contributed by atoms with Gasteiger partial charge in [0.05, 0.1) is 33.3 Å². The fraction of sp³-hybridized carbons (Fsp3) is 0.167. The molecular formula is C18H13Cl2N3O2. The molecule has 1 aliphatic rings. The number of nitrogens with one attached hydrogen (secondary N) is 1. The molecule has 0 aliphatic carbocycles. The highest BCUT2D eigenvalue weighted by Crippen LogP contribution is 2.35. The molecule has 2 amide bonds. The Hall–Kier alpha value is -2.55. The highest BCUT2D eigenvalue weighted by molar-refractivity contribution is 6.44. The number of amides is 2. The molecule has 3 rings (SSSR count).